The van der Waals surface area contributed by atoms with E-state index in [1.807, 2.05) is 0 Å². The second-order valence-corrected chi connectivity index (χ2v) is 19.1. The number of amides is 1. The number of nitrogens with one attached hydrogen (secondary N) is 1. The highest BCUT2D eigenvalue weighted by molar-refractivity contribution is 6.74. The lowest BCUT2D eigenvalue weighted by molar-refractivity contribution is -0.143. The number of benzene rings is 1. The maximum atomic E-state index is 12.6. The number of hydrogen-bond acceptors (Lipinski definition) is 10. The molecule has 0 aliphatic carbocycles. The SMILES string of the molecule is CC(C)C(=O)Nc1nc(OCc2ccc(OC(=O)C(C)(C)C)cc2)c2ncn([C@H]3C[C@H](O[Si](C)(C)C(C)(C)C)[C@@H](CO)O3)c2n1. The van der Waals surface area contributed by atoms with Gasteiger partial charge in [-0.25, -0.2) is 4.98 Å². The van der Waals surface area contributed by atoms with Gasteiger partial charge in [-0.3, -0.25) is 19.5 Å². The Hall–Kier alpha value is -3.39. The molecule has 1 aromatic carbocycles. The van der Waals surface area contributed by atoms with Gasteiger partial charge >= 0.3 is 5.97 Å². The van der Waals surface area contributed by atoms with Gasteiger partial charge in [0.05, 0.1) is 24.5 Å². The predicted octanol–water partition coefficient (Wildman–Crippen LogP) is 5.62. The Labute approximate surface area is 266 Å². The molecule has 0 saturated carbocycles. The molecule has 1 fully saturated rings. The van der Waals surface area contributed by atoms with Crippen molar-refractivity contribution in [1.82, 2.24) is 19.5 Å². The molecule has 1 aliphatic rings. The Morgan fingerprint density at radius 2 is 1.78 bits per heavy atom. The van der Waals surface area contributed by atoms with Crippen LogP contribution in [0, 0.1) is 11.3 Å². The number of anilines is 1. The van der Waals surface area contributed by atoms with Crippen LogP contribution < -0.4 is 14.8 Å². The van der Waals surface area contributed by atoms with E-state index in [9.17, 15) is 14.7 Å². The predicted molar refractivity (Wildman–Crippen MR) is 172 cm³/mol. The number of nitrogens with zero attached hydrogens (tertiary/aromatic N) is 4. The van der Waals surface area contributed by atoms with Crippen molar-refractivity contribution in [3.05, 3.63) is 36.2 Å². The van der Waals surface area contributed by atoms with Crippen molar-refractivity contribution in [2.75, 3.05) is 11.9 Å². The Kier molecular flexibility index (Phi) is 10.1. The minimum atomic E-state index is -2.14. The van der Waals surface area contributed by atoms with E-state index in [1.165, 1.54) is 0 Å². The third kappa shape index (κ3) is 8.07. The zero-order valence-electron chi connectivity index (χ0n) is 28.0. The summed E-state index contributed by atoms with van der Waals surface area (Å²) in [5, 5.41) is 12.9. The average molecular weight is 642 g/mol. The standard InChI is InChI=1S/C32H47N5O7Si/c1-19(2)27(39)35-30-34-26-25(28(36-30)41-17-20-11-13-21(14-12-20)42-29(40)31(3,4)5)33-18-37(26)24-15-22(23(16-38)43-24)44-45(9,10)32(6,7)8/h11-14,18-19,22-24,38H,15-17H2,1-10H3,(H,34,35,36,39)/t22-,23+,24+/m0/s1. The average Bonchev–Trinajstić information content (AvgIpc) is 3.54. The molecule has 12 nitrogen and oxygen atoms in total. The smallest absolute Gasteiger partial charge is 0.316 e. The Bertz CT molecular complexity index is 1510. The van der Waals surface area contributed by atoms with E-state index in [-0.39, 0.29) is 54.0 Å². The molecule has 45 heavy (non-hydrogen) atoms. The number of aliphatic hydroxyl groups is 1. The third-order valence-corrected chi connectivity index (χ3v) is 12.7. The quantitative estimate of drug-likeness (QED) is 0.162. The van der Waals surface area contributed by atoms with Crippen LogP contribution in [0.3, 0.4) is 0 Å². The van der Waals surface area contributed by atoms with Crippen LogP contribution in [0.5, 0.6) is 11.6 Å². The maximum absolute atomic E-state index is 12.6. The lowest BCUT2D eigenvalue weighted by Gasteiger charge is -2.39. The summed E-state index contributed by atoms with van der Waals surface area (Å²) in [5.41, 5.74) is 0.998. The summed E-state index contributed by atoms with van der Waals surface area (Å²) in [6.45, 7) is 19.8. The van der Waals surface area contributed by atoms with E-state index in [4.69, 9.17) is 18.6 Å². The topological polar surface area (TPSA) is 147 Å². The normalized spacial score (nSPS) is 19.2. The molecule has 1 aliphatic heterocycles. The van der Waals surface area contributed by atoms with E-state index in [0.29, 0.717) is 23.3 Å². The summed E-state index contributed by atoms with van der Waals surface area (Å²) in [4.78, 5) is 38.5. The first-order chi connectivity index (χ1) is 20.9. The maximum Gasteiger partial charge on any atom is 0.316 e. The third-order valence-electron chi connectivity index (χ3n) is 8.19. The van der Waals surface area contributed by atoms with Gasteiger partial charge in [-0.1, -0.05) is 46.8 Å². The second kappa shape index (κ2) is 13.1. The van der Waals surface area contributed by atoms with Crippen molar-refractivity contribution in [2.24, 2.45) is 11.3 Å². The van der Waals surface area contributed by atoms with Gasteiger partial charge in [-0.05, 0) is 56.6 Å². The summed E-state index contributed by atoms with van der Waals surface area (Å²) < 4.78 is 26.3. The number of carbonyl (C=O) groups is 2. The first kappa shape index (κ1) is 34.5. The van der Waals surface area contributed by atoms with Gasteiger partial charge in [0.1, 0.15) is 24.7 Å². The largest absolute Gasteiger partial charge is 0.471 e. The molecule has 0 bridgehead atoms. The van der Waals surface area contributed by atoms with Crippen molar-refractivity contribution >= 4 is 37.3 Å². The van der Waals surface area contributed by atoms with E-state index >= 15 is 0 Å². The van der Waals surface area contributed by atoms with E-state index in [0.717, 1.165) is 5.56 Å². The highest BCUT2D eigenvalue weighted by atomic mass is 28.4. The zero-order valence-corrected chi connectivity index (χ0v) is 29.0. The fourth-order valence-electron chi connectivity index (χ4n) is 4.29. The fraction of sp³-hybridized carbons (Fsp3) is 0.594. The molecule has 0 radical (unpaired) electrons. The van der Waals surface area contributed by atoms with Crippen molar-refractivity contribution in [3.63, 3.8) is 0 Å². The van der Waals surface area contributed by atoms with Gasteiger partial charge in [0.15, 0.2) is 19.5 Å². The number of aliphatic hydroxyl groups excluding tert-OH is 1. The molecule has 3 aromatic rings. The Balaban J connectivity index is 1.60. The molecule has 1 amide bonds. The minimum absolute atomic E-state index is 0.00697. The van der Waals surface area contributed by atoms with Crippen LogP contribution in [0.1, 0.15) is 73.6 Å². The van der Waals surface area contributed by atoms with E-state index in [2.05, 4.69) is 54.1 Å². The Morgan fingerprint density at radius 1 is 1.11 bits per heavy atom. The van der Waals surface area contributed by atoms with E-state index in [1.54, 1.807) is 69.8 Å². The number of hydrogen-bond donors (Lipinski definition) is 2. The molecule has 4 rings (SSSR count). The molecule has 0 spiro atoms. The molecule has 246 valence electrons. The minimum Gasteiger partial charge on any atom is -0.471 e. The molecule has 0 unspecified atom stereocenters. The molecule has 13 heteroatoms. The molecule has 2 N–H and O–H groups in total. The highest BCUT2D eigenvalue weighted by Gasteiger charge is 2.45. The van der Waals surface area contributed by atoms with Crippen molar-refractivity contribution in [1.29, 1.82) is 0 Å². The summed E-state index contributed by atoms with van der Waals surface area (Å²) in [6, 6.07) is 7.01. The van der Waals surface area contributed by atoms with Crippen LogP contribution in [0.15, 0.2) is 30.6 Å². The first-order valence-corrected chi connectivity index (χ1v) is 18.2. The van der Waals surface area contributed by atoms with Crippen LogP contribution in [-0.2, 0) is 25.4 Å². The highest BCUT2D eigenvalue weighted by Crippen LogP contribution is 2.41. The number of esters is 1. The molecule has 3 atom stereocenters. The number of carbonyl (C=O) groups excluding carboxylic acids is 2. The summed E-state index contributed by atoms with van der Waals surface area (Å²) in [6.07, 6.45) is 0.767. The van der Waals surface area contributed by atoms with Gasteiger partial charge in [-0.15, -0.1) is 0 Å². The number of fused-ring (bicyclic) bond motifs is 1. The summed E-state index contributed by atoms with van der Waals surface area (Å²) >= 11 is 0. The van der Waals surface area contributed by atoms with Gasteiger partial charge in [-0.2, -0.15) is 9.97 Å². The molecule has 2 aromatic heterocycles. The number of rotatable bonds is 10. The monoisotopic (exact) mass is 641 g/mol. The van der Waals surface area contributed by atoms with Crippen molar-refractivity contribution < 1.29 is 33.3 Å². The molecular weight excluding hydrogens is 594 g/mol. The molecular formula is C32H47N5O7Si. The number of imidazole rings is 1. The van der Waals surface area contributed by atoms with Crippen LogP contribution in [-0.4, -0.2) is 63.6 Å². The van der Waals surface area contributed by atoms with Gasteiger partial charge in [0, 0.05) is 12.3 Å². The molecule has 3 heterocycles. The van der Waals surface area contributed by atoms with Crippen molar-refractivity contribution in [2.45, 2.75) is 105 Å². The lowest BCUT2D eigenvalue weighted by Crippen LogP contribution is -2.46. The molecule has 1 saturated heterocycles. The fourth-order valence-corrected chi connectivity index (χ4v) is 5.65. The second-order valence-electron chi connectivity index (χ2n) is 14.4. The van der Waals surface area contributed by atoms with Crippen LogP contribution in [0.25, 0.3) is 11.2 Å². The zero-order chi connectivity index (χ0) is 33.3. The first-order valence-electron chi connectivity index (χ1n) is 15.3. The van der Waals surface area contributed by atoms with Gasteiger partial charge in [0.25, 0.3) is 0 Å². The van der Waals surface area contributed by atoms with Crippen LogP contribution >= 0.6 is 0 Å². The van der Waals surface area contributed by atoms with Gasteiger partial charge < -0.3 is 23.7 Å². The number of aromatic nitrogens is 4. The van der Waals surface area contributed by atoms with Crippen LogP contribution in [0.4, 0.5) is 5.95 Å². The van der Waals surface area contributed by atoms with Crippen LogP contribution in [0.2, 0.25) is 18.1 Å². The van der Waals surface area contributed by atoms with E-state index < -0.39 is 26.1 Å². The lowest BCUT2D eigenvalue weighted by atomic mass is 9.97. The summed E-state index contributed by atoms with van der Waals surface area (Å²) in [5.74, 6) is -0.154. The van der Waals surface area contributed by atoms with Crippen molar-refractivity contribution in [3.8, 4) is 11.6 Å². The Morgan fingerprint density at radius 3 is 2.36 bits per heavy atom. The van der Waals surface area contributed by atoms with Gasteiger partial charge in [0.2, 0.25) is 17.7 Å². The summed E-state index contributed by atoms with van der Waals surface area (Å²) in [7, 11) is -2.14. The number of ether oxygens (including phenoxy) is 3.